The average Bonchev–Trinajstić information content (AvgIpc) is 3.34. The molecule has 1 aliphatic heterocycles. The predicted molar refractivity (Wildman–Crippen MR) is 132 cm³/mol. The van der Waals surface area contributed by atoms with Crippen LogP contribution < -0.4 is 5.32 Å². The molecule has 2 aromatic carbocycles. The zero-order chi connectivity index (χ0) is 24.3. The molecule has 1 aromatic heterocycles. The third-order valence-electron chi connectivity index (χ3n) is 6.45. The molecule has 1 amide bonds. The first kappa shape index (κ1) is 24.2. The second-order valence-corrected chi connectivity index (χ2v) is 10.9. The molecule has 3 aromatic rings. The summed E-state index contributed by atoms with van der Waals surface area (Å²) in [5, 5.41) is 7.25. The Hall–Kier alpha value is -2.97. The number of nitrogens with zero attached hydrogens (tertiary/aromatic N) is 3. The first-order valence-corrected chi connectivity index (χ1v) is 13.1. The van der Waals surface area contributed by atoms with E-state index in [0.29, 0.717) is 37.4 Å². The van der Waals surface area contributed by atoms with E-state index in [4.69, 9.17) is 0 Å². The number of benzene rings is 2. The lowest BCUT2D eigenvalue weighted by Crippen LogP contribution is -2.43. The summed E-state index contributed by atoms with van der Waals surface area (Å²) in [6.07, 6.45) is 5.45. The topological polar surface area (TPSA) is 84.3 Å². The fourth-order valence-corrected chi connectivity index (χ4v) is 6.65. The molecule has 7 nitrogen and oxygen atoms in total. The number of aromatic nitrogens is 2. The molecule has 34 heavy (non-hydrogen) atoms. The lowest BCUT2D eigenvalue weighted by atomic mass is 9.97. The van der Waals surface area contributed by atoms with Gasteiger partial charge in [0, 0.05) is 37.9 Å². The van der Waals surface area contributed by atoms with E-state index in [9.17, 15) is 13.2 Å². The van der Waals surface area contributed by atoms with Gasteiger partial charge in [0.1, 0.15) is 0 Å². The van der Waals surface area contributed by atoms with Crippen LogP contribution in [0.25, 0.3) is 5.69 Å². The van der Waals surface area contributed by atoms with Gasteiger partial charge in [-0.15, -0.1) is 0 Å². The van der Waals surface area contributed by atoms with Crippen molar-refractivity contribution in [2.24, 2.45) is 5.92 Å². The fourth-order valence-electron chi connectivity index (χ4n) is 4.77. The largest absolute Gasteiger partial charge is 0.356 e. The Balaban J connectivity index is 1.27. The minimum atomic E-state index is -3.57. The van der Waals surface area contributed by atoms with E-state index in [1.54, 1.807) is 10.9 Å². The quantitative estimate of drug-likeness (QED) is 0.560. The zero-order valence-electron chi connectivity index (χ0n) is 20.0. The molecule has 1 fully saturated rings. The molecule has 2 heterocycles. The van der Waals surface area contributed by atoms with Crippen LogP contribution in [0.2, 0.25) is 0 Å². The summed E-state index contributed by atoms with van der Waals surface area (Å²) in [5.41, 5.74) is 4.74. The highest BCUT2D eigenvalue weighted by atomic mass is 32.2. The molecular formula is C26H32N4O3S. The molecule has 0 saturated carbocycles. The van der Waals surface area contributed by atoms with Gasteiger partial charge in [0.25, 0.3) is 0 Å². The van der Waals surface area contributed by atoms with Crippen molar-refractivity contribution in [1.29, 1.82) is 0 Å². The summed E-state index contributed by atoms with van der Waals surface area (Å²) in [6, 6.07) is 13.8. The first-order chi connectivity index (χ1) is 16.3. The van der Waals surface area contributed by atoms with Gasteiger partial charge >= 0.3 is 0 Å². The first-order valence-electron chi connectivity index (χ1n) is 11.7. The molecule has 0 radical (unpaired) electrons. The SMILES string of the molecule is Cc1cc(C)c(S(=O)(=O)N2CCC(C(=O)NCCc3ccc(-n4cccn4)cc3)CC2)c(C)c1. The van der Waals surface area contributed by atoms with E-state index >= 15 is 0 Å². The minimum absolute atomic E-state index is 0.00732. The summed E-state index contributed by atoms with van der Waals surface area (Å²) in [6.45, 7) is 6.94. The van der Waals surface area contributed by atoms with Crippen LogP contribution in [0.5, 0.6) is 0 Å². The van der Waals surface area contributed by atoms with Crippen LogP contribution >= 0.6 is 0 Å². The molecule has 1 N–H and O–H groups in total. The number of piperidine rings is 1. The van der Waals surface area contributed by atoms with Crippen molar-refractivity contribution in [3.8, 4) is 5.69 Å². The number of aryl methyl sites for hydroxylation is 3. The van der Waals surface area contributed by atoms with Crippen LogP contribution in [0.3, 0.4) is 0 Å². The molecular weight excluding hydrogens is 448 g/mol. The van der Waals surface area contributed by atoms with Crippen molar-refractivity contribution >= 4 is 15.9 Å². The van der Waals surface area contributed by atoms with Gasteiger partial charge in [-0.1, -0.05) is 29.8 Å². The van der Waals surface area contributed by atoms with Crippen molar-refractivity contribution < 1.29 is 13.2 Å². The van der Waals surface area contributed by atoms with Gasteiger partial charge in [-0.2, -0.15) is 9.40 Å². The lowest BCUT2D eigenvalue weighted by molar-refractivity contribution is -0.126. The molecule has 0 atom stereocenters. The van der Waals surface area contributed by atoms with Gasteiger partial charge in [-0.05, 0) is 74.9 Å². The number of sulfonamides is 1. The molecule has 4 rings (SSSR count). The van der Waals surface area contributed by atoms with E-state index < -0.39 is 10.0 Å². The van der Waals surface area contributed by atoms with Crippen LogP contribution in [-0.2, 0) is 21.2 Å². The van der Waals surface area contributed by atoms with Crippen LogP contribution in [0.4, 0.5) is 0 Å². The zero-order valence-corrected chi connectivity index (χ0v) is 20.8. The lowest BCUT2D eigenvalue weighted by Gasteiger charge is -2.31. The van der Waals surface area contributed by atoms with Gasteiger partial charge in [0.15, 0.2) is 0 Å². The average molecular weight is 481 g/mol. The highest BCUT2D eigenvalue weighted by Gasteiger charge is 2.33. The maximum atomic E-state index is 13.3. The van der Waals surface area contributed by atoms with Crippen molar-refractivity contribution in [3.05, 3.63) is 77.1 Å². The summed E-state index contributed by atoms with van der Waals surface area (Å²) in [4.78, 5) is 13.1. The molecule has 0 aliphatic carbocycles. The van der Waals surface area contributed by atoms with Crippen LogP contribution in [0.15, 0.2) is 59.8 Å². The number of hydrogen-bond acceptors (Lipinski definition) is 4. The van der Waals surface area contributed by atoms with E-state index in [1.807, 2.05) is 69.4 Å². The van der Waals surface area contributed by atoms with Gasteiger partial charge in [0.2, 0.25) is 15.9 Å². The highest BCUT2D eigenvalue weighted by Crippen LogP contribution is 2.28. The third-order valence-corrected chi connectivity index (χ3v) is 8.65. The Morgan fingerprint density at radius 1 is 1.06 bits per heavy atom. The molecule has 0 bridgehead atoms. The molecule has 1 aliphatic rings. The Morgan fingerprint density at radius 2 is 1.71 bits per heavy atom. The smallest absolute Gasteiger partial charge is 0.243 e. The van der Waals surface area contributed by atoms with Crippen molar-refractivity contribution in [3.63, 3.8) is 0 Å². The van der Waals surface area contributed by atoms with E-state index in [-0.39, 0.29) is 11.8 Å². The summed E-state index contributed by atoms with van der Waals surface area (Å²) < 4.78 is 29.9. The van der Waals surface area contributed by atoms with E-state index in [2.05, 4.69) is 10.4 Å². The van der Waals surface area contributed by atoms with Gasteiger partial charge in [0.05, 0.1) is 10.6 Å². The molecule has 8 heteroatoms. The van der Waals surface area contributed by atoms with Crippen LogP contribution in [0.1, 0.15) is 35.1 Å². The minimum Gasteiger partial charge on any atom is -0.356 e. The van der Waals surface area contributed by atoms with E-state index in [0.717, 1.165) is 34.4 Å². The summed E-state index contributed by atoms with van der Waals surface area (Å²) >= 11 is 0. The van der Waals surface area contributed by atoms with Gasteiger partial charge < -0.3 is 5.32 Å². The Kier molecular flexibility index (Phi) is 7.19. The standard InChI is InChI=1S/C26H32N4O3S/c1-19-17-20(2)25(21(3)18-19)34(32,33)29-15-10-23(11-16-29)26(31)27-13-9-22-5-7-24(8-6-22)30-14-4-12-28-30/h4-8,12,14,17-18,23H,9-11,13,15-16H2,1-3H3,(H,27,31). The Labute approximate surface area is 201 Å². The third kappa shape index (κ3) is 5.23. The maximum Gasteiger partial charge on any atom is 0.243 e. The number of rotatable bonds is 7. The van der Waals surface area contributed by atoms with Crippen molar-refractivity contribution in [1.82, 2.24) is 19.4 Å². The molecule has 0 unspecified atom stereocenters. The Morgan fingerprint density at radius 3 is 2.29 bits per heavy atom. The fraction of sp³-hybridized carbons (Fsp3) is 0.385. The van der Waals surface area contributed by atoms with Crippen LogP contribution in [0, 0.1) is 26.7 Å². The normalized spacial score (nSPS) is 15.4. The number of hydrogen-bond donors (Lipinski definition) is 1. The Bertz CT molecular complexity index is 1220. The number of amides is 1. The number of nitrogens with one attached hydrogen (secondary N) is 1. The van der Waals surface area contributed by atoms with Crippen molar-refractivity contribution in [2.45, 2.75) is 44.9 Å². The van der Waals surface area contributed by atoms with Gasteiger partial charge in [-0.25, -0.2) is 13.1 Å². The van der Waals surface area contributed by atoms with Crippen LogP contribution in [-0.4, -0.2) is 48.0 Å². The molecule has 0 spiro atoms. The number of carbonyl (C=O) groups excluding carboxylic acids is 1. The molecule has 180 valence electrons. The second-order valence-electron chi connectivity index (χ2n) is 9.06. The maximum absolute atomic E-state index is 13.3. The predicted octanol–water partition coefficient (Wildman–Crippen LogP) is 3.56. The molecule has 1 saturated heterocycles. The van der Waals surface area contributed by atoms with E-state index in [1.165, 1.54) is 4.31 Å². The second kappa shape index (κ2) is 10.1. The summed E-state index contributed by atoms with van der Waals surface area (Å²) in [5.74, 6) is -0.151. The monoisotopic (exact) mass is 480 g/mol. The van der Waals surface area contributed by atoms with Crippen molar-refractivity contribution in [2.75, 3.05) is 19.6 Å². The summed E-state index contributed by atoms with van der Waals surface area (Å²) in [7, 11) is -3.57. The highest BCUT2D eigenvalue weighted by molar-refractivity contribution is 7.89. The number of carbonyl (C=O) groups is 1. The van der Waals surface area contributed by atoms with Gasteiger partial charge in [-0.3, -0.25) is 4.79 Å².